The van der Waals surface area contributed by atoms with Crippen LogP contribution in [0.5, 0.6) is 0 Å². The summed E-state index contributed by atoms with van der Waals surface area (Å²) in [7, 11) is 0. The van der Waals surface area contributed by atoms with Crippen LogP contribution in [0.4, 0.5) is 5.69 Å². The van der Waals surface area contributed by atoms with E-state index in [2.05, 4.69) is 21.2 Å². The Morgan fingerprint density at radius 1 is 1.50 bits per heavy atom. The summed E-state index contributed by atoms with van der Waals surface area (Å²) in [6.45, 7) is 0. The minimum absolute atomic E-state index is 0.0962. The van der Waals surface area contributed by atoms with Crippen LogP contribution in [-0.4, -0.2) is 5.91 Å². The van der Waals surface area contributed by atoms with Gasteiger partial charge >= 0.3 is 0 Å². The number of amides is 1. The summed E-state index contributed by atoms with van der Waals surface area (Å²) in [5.74, 6) is 0.690. The van der Waals surface area contributed by atoms with Crippen LogP contribution >= 0.6 is 27.5 Å². The molecule has 1 aliphatic rings. The normalized spacial score (nSPS) is 15.6. The number of hydrogen-bond acceptors (Lipinski definition) is 1. The average molecular weight is 303 g/mol. The highest BCUT2D eigenvalue weighted by molar-refractivity contribution is 9.10. The molecule has 0 saturated heterocycles. The highest BCUT2D eigenvalue weighted by Crippen LogP contribution is 2.30. The lowest BCUT2D eigenvalue weighted by Gasteiger charge is -2.24. The van der Waals surface area contributed by atoms with Crippen LogP contribution in [0.25, 0.3) is 0 Å². The molecule has 0 bridgehead atoms. The molecule has 1 N–H and O–H groups in total. The van der Waals surface area contributed by atoms with Crippen LogP contribution in [0.15, 0.2) is 22.7 Å². The van der Waals surface area contributed by atoms with E-state index in [0.717, 1.165) is 10.2 Å². The van der Waals surface area contributed by atoms with Crippen molar-refractivity contribution in [2.75, 3.05) is 5.32 Å². The maximum atomic E-state index is 11.7. The lowest BCUT2D eigenvalue weighted by Crippen LogP contribution is -2.20. The Hall–Kier alpha value is -0.540. The maximum Gasteiger partial charge on any atom is 0.224 e. The molecular weight excluding hydrogens is 289 g/mol. The molecule has 2 rings (SSSR count). The number of rotatable bonds is 3. The van der Waals surface area contributed by atoms with E-state index in [9.17, 15) is 4.79 Å². The molecule has 2 nitrogen and oxygen atoms in total. The third-order valence-corrected chi connectivity index (χ3v) is 4.12. The topological polar surface area (TPSA) is 29.1 Å². The van der Waals surface area contributed by atoms with Crippen molar-refractivity contribution in [2.24, 2.45) is 5.92 Å². The highest BCUT2D eigenvalue weighted by Gasteiger charge is 2.20. The molecule has 0 radical (unpaired) electrons. The van der Waals surface area contributed by atoms with E-state index in [0.29, 0.717) is 17.4 Å². The van der Waals surface area contributed by atoms with Crippen molar-refractivity contribution in [3.63, 3.8) is 0 Å². The van der Waals surface area contributed by atoms with Crippen LogP contribution in [0.1, 0.15) is 25.7 Å². The van der Waals surface area contributed by atoms with Crippen molar-refractivity contribution in [3.8, 4) is 0 Å². The molecule has 1 aliphatic carbocycles. The van der Waals surface area contributed by atoms with Gasteiger partial charge in [0.2, 0.25) is 5.91 Å². The van der Waals surface area contributed by atoms with Crippen LogP contribution < -0.4 is 5.32 Å². The first kappa shape index (κ1) is 11.9. The lowest BCUT2D eigenvalue weighted by molar-refractivity contribution is -0.117. The number of halogens is 2. The summed E-state index contributed by atoms with van der Waals surface area (Å²) in [4.78, 5) is 11.7. The molecule has 0 atom stereocenters. The van der Waals surface area contributed by atoms with Crippen molar-refractivity contribution in [1.29, 1.82) is 0 Å². The molecule has 86 valence electrons. The average Bonchev–Trinajstić information content (AvgIpc) is 2.18. The summed E-state index contributed by atoms with van der Waals surface area (Å²) >= 11 is 9.20. The van der Waals surface area contributed by atoms with Crippen molar-refractivity contribution in [2.45, 2.75) is 25.7 Å². The van der Waals surface area contributed by atoms with E-state index in [1.54, 1.807) is 6.07 Å². The van der Waals surface area contributed by atoms with Gasteiger partial charge < -0.3 is 5.32 Å². The standard InChI is InChI=1S/C12H13BrClNO/c13-10-7-9(4-5-11(10)14)15-12(16)6-8-2-1-3-8/h4-5,7-8H,1-3,6H2,(H,15,16). The number of carbonyl (C=O) groups is 1. The second-order valence-corrected chi connectivity index (χ2v) is 5.44. The lowest BCUT2D eigenvalue weighted by atomic mass is 9.83. The minimum atomic E-state index is 0.0962. The number of nitrogens with one attached hydrogen (secondary N) is 1. The molecule has 16 heavy (non-hydrogen) atoms. The molecule has 1 aromatic rings. The predicted molar refractivity (Wildman–Crippen MR) is 69.7 cm³/mol. The summed E-state index contributed by atoms with van der Waals surface area (Å²) in [6, 6.07) is 5.40. The Labute approximate surface area is 108 Å². The van der Waals surface area contributed by atoms with Crippen molar-refractivity contribution >= 4 is 39.1 Å². The zero-order valence-corrected chi connectivity index (χ0v) is 11.1. The molecular formula is C12H13BrClNO. The molecule has 4 heteroatoms. The van der Waals surface area contributed by atoms with E-state index in [4.69, 9.17) is 11.6 Å². The van der Waals surface area contributed by atoms with Gasteiger partial charge in [0.15, 0.2) is 0 Å². The largest absolute Gasteiger partial charge is 0.326 e. The Morgan fingerprint density at radius 2 is 2.25 bits per heavy atom. The van der Waals surface area contributed by atoms with Gasteiger partial charge in [-0.15, -0.1) is 0 Å². The van der Waals surface area contributed by atoms with Gasteiger partial charge in [-0.3, -0.25) is 4.79 Å². The molecule has 0 spiro atoms. The van der Waals surface area contributed by atoms with Gasteiger partial charge in [0.05, 0.1) is 5.02 Å². The quantitative estimate of drug-likeness (QED) is 0.889. The zero-order valence-electron chi connectivity index (χ0n) is 8.80. The van der Waals surface area contributed by atoms with Gasteiger partial charge in [0.1, 0.15) is 0 Å². The second-order valence-electron chi connectivity index (χ2n) is 4.18. The first-order valence-electron chi connectivity index (χ1n) is 5.40. The predicted octanol–water partition coefficient (Wildman–Crippen LogP) is 4.23. The fourth-order valence-corrected chi connectivity index (χ4v) is 2.24. The molecule has 1 fully saturated rings. The van der Waals surface area contributed by atoms with Crippen LogP contribution in [-0.2, 0) is 4.79 Å². The van der Waals surface area contributed by atoms with Gasteiger partial charge in [-0.05, 0) is 52.9 Å². The Balaban J connectivity index is 1.92. The first-order valence-corrected chi connectivity index (χ1v) is 6.57. The number of anilines is 1. The number of carbonyl (C=O) groups excluding carboxylic acids is 1. The van der Waals surface area contributed by atoms with Crippen molar-refractivity contribution in [1.82, 2.24) is 0 Å². The fraction of sp³-hybridized carbons (Fsp3) is 0.417. The van der Waals surface area contributed by atoms with E-state index in [1.165, 1.54) is 19.3 Å². The van der Waals surface area contributed by atoms with Gasteiger partial charge in [-0.1, -0.05) is 18.0 Å². The van der Waals surface area contributed by atoms with Gasteiger partial charge in [0, 0.05) is 16.6 Å². The molecule has 0 heterocycles. The minimum Gasteiger partial charge on any atom is -0.326 e. The van der Waals surface area contributed by atoms with Gasteiger partial charge in [-0.25, -0.2) is 0 Å². The number of benzene rings is 1. The zero-order chi connectivity index (χ0) is 11.5. The molecule has 1 amide bonds. The smallest absolute Gasteiger partial charge is 0.224 e. The van der Waals surface area contributed by atoms with Crippen LogP contribution in [0.2, 0.25) is 5.02 Å². The van der Waals surface area contributed by atoms with Gasteiger partial charge in [0.25, 0.3) is 0 Å². The summed E-state index contributed by atoms with van der Waals surface area (Å²) in [5, 5.41) is 3.53. The van der Waals surface area contributed by atoms with Crippen LogP contribution in [0.3, 0.4) is 0 Å². The Morgan fingerprint density at radius 3 is 2.81 bits per heavy atom. The maximum absolute atomic E-state index is 11.7. The third-order valence-electron chi connectivity index (χ3n) is 2.90. The summed E-state index contributed by atoms with van der Waals surface area (Å²) in [5.41, 5.74) is 0.792. The summed E-state index contributed by atoms with van der Waals surface area (Å²) < 4.78 is 0.801. The SMILES string of the molecule is O=C(CC1CCC1)Nc1ccc(Cl)c(Br)c1. The molecule has 0 aliphatic heterocycles. The van der Waals surface area contributed by atoms with Crippen LogP contribution in [0, 0.1) is 5.92 Å². The molecule has 1 aromatic carbocycles. The van der Waals surface area contributed by atoms with E-state index in [-0.39, 0.29) is 5.91 Å². The highest BCUT2D eigenvalue weighted by atomic mass is 79.9. The molecule has 0 aromatic heterocycles. The number of hydrogen-bond donors (Lipinski definition) is 1. The summed E-state index contributed by atoms with van der Waals surface area (Å²) in [6.07, 6.45) is 4.29. The second kappa shape index (κ2) is 5.19. The van der Waals surface area contributed by atoms with E-state index < -0.39 is 0 Å². The van der Waals surface area contributed by atoms with Crippen molar-refractivity contribution < 1.29 is 4.79 Å². The van der Waals surface area contributed by atoms with E-state index >= 15 is 0 Å². The fourth-order valence-electron chi connectivity index (χ4n) is 1.75. The van der Waals surface area contributed by atoms with Crippen molar-refractivity contribution in [3.05, 3.63) is 27.7 Å². The first-order chi connectivity index (χ1) is 7.65. The Kier molecular flexibility index (Phi) is 3.87. The van der Waals surface area contributed by atoms with Gasteiger partial charge in [-0.2, -0.15) is 0 Å². The molecule has 0 unspecified atom stereocenters. The van der Waals surface area contributed by atoms with E-state index in [1.807, 2.05) is 12.1 Å². The third kappa shape index (κ3) is 2.98. The molecule has 1 saturated carbocycles. The Bertz CT molecular complexity index is 404. The monoisotopic (exact) mass is 301 g/mol.